The first kappa shape index (κ1) is 14.9. The zero-order valence-electron chi connectivity index (χ0n) is 11.4. The molecule has 0 saturated carbocycles. The third-order valence-corrected chi connectivity index (χ3v) is 3.35. The molecule has 2 rings (SSSR count). The maximum atomic E-state index is 13.3. The Kier molecular flexibility index (Phi) is 4.15. The molecule has 7 nitrogen and oxygen atoms in total. The van der Waals surface area contributed by atoms with E-state index in [1.165, 1.54) is 15.9 Å². The van der Waals surface area contributed by atoms with E-state index in [9.17, 15) is 24.1 Å². The fourth-order valence-corrected chi connectivity index (χ4v) is 2.13. The van der Waals surface area contributed by atoms with Gasteiger partial charge in [-0.3, -0.25) is 19.7 Å². The first-order valence-corrected chi connectivity index (χ1v) is 6.37. The molecule has 1 heterocycles. The molecule has 1 aliphatic heterocycles. The second-order valence-electron chi connectivity index (χ2n) is 4.82. The van der Waals surface area contributed by atoms with Gasteiger partial charge >= 0.3 is 5.69 Å². The van der Waals surface area contributed by atoms with E-state index in [4.69, 9.17) is 0 Å². The molecular weight excluding hydrogens is 281 g/mol. The van der Waals surface area contributed by atoms with E-state index in [-0.39, 0.29) is 18.0 Å². The lowest BCUT2D eigenvalue weighted by atomic mass is 10.1. The lowest BCUT2D eigenvalue weighted by Crippen LogP contribution is -2.38. The highest BCUT2D eigenvalue weighted by molar-refractivity contribution is 5.97. The fourth-order valence-electron chi connectivity index (χ4n) is 2.13. The number of nitro groups is 1. The standard InChI is InChI=1S/C13H14FN3O4/c1-15-5-2-6-16(8-12(15)18)13(19)9-3-4-10(14)11(7-9)17(20)21/h3-4,7H,2,5-6,8H2,1H3. The Hall–Kier alpha value is -2.51. The molecule has 0 bridgehead atoms. The number of nitro benzene ring substituents is 1. The molecular formula is C13H14FN3O4. The predicted octanol–water partition coefficient (Wildman–Crippen LogP) is 1.04. The third-order valence-electron chi connectivity index (χ3n) is 3.35. The summed E-state index contributed by atoms with van der Waals surface area (Å²) < 4.78 is 13.3. The van der Waals surface area contributed by atoms with Gasteiger partial charge in [0.25, 0.3) is 5.91 Å². The van der Waals surface area contributed by atoms with E-state index in [1.54, 1.807) is 7.05 Å². The van der Waals surface area contributed by atoms with Crippen LogP contribution in [0.3, 0.4) is 0 Å². The molecule has 1 saturated heterocycles. The molecule has 0 aromatic heterocycles. The summed E-state index contributed by atoms with van der Waals surface area (Å²) in [6, 6.07) is 2.97. The van der Waals surface area contributed by atoms with Crippen LogP contribution in [0.5, 0.6) is 0 Å². The normalized spacial score (nSPS) is 15.8. The van der Waals surface area contributed by atoms with E-state index in [0.717, 1.165) is 12.1 Å². The Morgan fingerprint density at radius 3 is 2.76 bits per heavy atom. The van der Waals surface area contributed by atoms with Crippen molar-refractivity contribution in [3.05, 3.63) is 39.7 Å². The van der Waals surface area contributed by atoms with Gasteiger partial charge in [-0.05, 0) is 18.6 Å². The number of likely N-dealkylation sites (N-methyl/N-ethyl adjacent to an activating group) is 1. The van der Waals surface area contributed by atoms with Gasteiger partial charge in [0, 0.05) is 31.8 Å². The van der Waals surface area contributed by atoms with Gasteiger partial charge in [0.2, 0.25) is 11.7 Å². The molecule has 0 unspecified atom stereocenters. The van der Waals surface area contributed by atoms with Gasteiger partial charge in [0.15, 0.2) is 0 Å². The zero-order chi connectivity index (χ0) is 15.6. The first-order chi connectivity index (χ1) is 9.90. The summed E-state index contributed by atoms with van der Waals surface area (Å²) in [7, 11) is 1.65. The maximum Gasteiger partial charge on any atom is 0.305 e. The number of hydrogen-bond donors (Lipinski definition) is 0. The minimum absolute atomic E-state index is 0.000420. The molecule has 1 aromatic rings. The topological polar surface area (TPSA) is 83.8 Å². The number of carbonyl (C=O) groups is 2. The van der Waals surface area contributed by atoms with Crippen LogP contribution in [0.1, 0.15) is 16.8 Å². The van der Waals surface area contributed by atoms with Gasteiger partial charge < -0.3 is 9.80 Å². The highest BCUT2D eigenvalue weighted by atomic mass is 19.1. The van der Waals surface area contributed by atoms with Crippen molar-refractivity contribution < 1.29 is 18.9 Å². The van der Waals surface area contributed by atoms with E-state index in [0.29, 0.717) is 19.5 Å². The molecule has 0 radical (unpaired) electrons. The molecule has 0 N–H and O–H groups in total. The van der Waals surface area contributed by atoms with Gasteiger partial charge in [-0.25, -0.2) is 0 Å². The third kappa shape index (κ3) is 3.15. The van der Waals surface area contributed by atoms with Crippen LogP contribution in [0.4, 0.5) is 10.1 Å². The molecule has 1 aliphatic rings. The average molecular weight is 295 g/mol. The largest absolute Gasteiger partial charge is 0.344 e. The molecule has 0 spiro atoms. The minimum atomic E-state index is -0.997. The highest BCUT2D eigenvalue weighted by Crippen LogP contribution is 2.20. The number of hydrogen-bond acceptors (Lipinski definition) is 4. The number of halogens is 1. The molecule has 0 aliphatic carbocycles. The van der Waals surface area contributed by atoms with E-state index < -0.39 is 22.3 Å². The monoisotopic (exact) mass is 295 g/mol. The van der Waals surface area contributed by atoms with Crippen LogP contribution in [0.2, 0.25) is 0 Å². The van der Waals surface area contributed by atoms with Crippen LogP contribution in [0, 0.1) is 15.9 Å². The average Bonchev–Trinajstić information content (AvgIpc) is 2.60. The van der Waals surface area contributed by atoms with Crippen molar-refractivity contribution in [1.82, 2.24) is 9.80 Å². The minimum Gasteiger partial charge on any atom is -0.344 e. The van der Waals surface area contributed by atoms with Crippen LogP contribution in [0.25, 0.3) is 0 Å². The molecule has 0 atom stereocenters. The van der Waals surface area contributed by atoms with Crippen molar-refractivity contribution >= 4 is 17.5 Å². The van der Waals surface area contributed by atoms with Gasteiger partial charge in [-0.15, -0.1) is 0 Å². The van der Waals surface area contributed by atoms with Crippen molar-refractivity contribution in [3.8, 4) is 0 Å². The van der Waals surface area contributed by atoms with Crippen molar-refractivity contribution in [1.29, 1.82) is 0 Å². The lowest BCUT2D eigenvalue weighted by Gasteiger charge is -2.19. The molecule has 2 amide bonds. The van der Waals surface area contributed by atoms with Gasteiger partial charge in [0.05, 0.1) is 4.92 Å². The Bertz CT molecular complexity index is 605. The highest BCUT2D eigenvalue weighted by Gasteiger charge is 2.25. The first-order valence-electron chi connectivity index (χ1n) is 6.37. The van der Waals surface area contributed by atoms with Gasteiger partial charge in [0.1, 0.15) is 6.54 Å². The SMILES string of the molecule is CN1CCCN(C(=O)c2ccc(F)c([N+](=O)[O-])c2)CC1=O. The van der Waals surface area contributed by atoms with Crippen LogP contribution >= 0.6 is 0 Å². The summed E-state index contributed by atoms with van der Waals surface area (Å²) in [6.07, 6.45) is 0.622. The Morgan fingerprint density at radius 2 is 2.10 bits per heavy atom. The van der Waals surface area contributed by atoms with Gasteiger partial charge in [-0.2, -0.15) is 4.39 Å². The van der Waals surface area contributed by atoms with Crippen LogP contribution in [-0.2, 0) is 4.79 Å². The molecule has 21 heavy (non-hydrogen) atoms. The number of rotatable bonds is 2. The van der Waals surface area contributed by atoms with Crippen molar-refractivity contribution in [3.63, 3.8) is 0 Å². The molecule has 112 valence electrons. The Balaban J connectivity index is 2.25. The van der Waals surface area contributed by atoms with Crippen molar-refractivity contribution in [2.75, 3.05) is 26.7 Å². The number of amides is 2. The second-order valence-corrected chi connectivity index (χ2v) is 4.82. The summed E-state index contributed by atoms with van der Waals surface area (Å²) >= 11 is 0. The summed E-state index contributed by atoms with van der Waals surface area (Å²) in [4.78, 5) is 36.7. The Morgan fingerprint density at radius 1 is 1.38 bits per heavy atom. The van der Waals surface area contributed by atoms with Crippen LogP contribution in [-0.4, -0.2) is 53.2 Å². The summed E-state index contributed by atoms with van der Waals surface area (Å²) in [5.74, 6) is -1.71. The maximum absolute atomic E-state index is 13.3. The molecule has 1 aromatic carbocycles. The van der Waals surface area contributed by atoms with Crippen molar-refractivity contribution in [2.24, 2.45) is 0 Å². The van der Waals surface area contributed by atoms with Gasteiger partial charge in [-0.1, -0.05) is 0 Å². The Labute approximate surface area is 120 Å². The lowest BCUT2D eigenvalue weighted by molar-refractivity contribution is -0.387. The van der Waals surface area contributed by atoms with Crippen LogP contribution < -0.4 is 0 Å². The molecule has 1 fully saturated rings. The second kappa shape index (κ2) is 5.86. The van der Waals surface area contributed by atoms with E-state index >= 15 is 0 Å². The fraction of sp³-hybridized carbons (Fsp3) is 0.385. The summed E-state index contributed by atoms with van der Waals surface area (Å²) in [6.45, 7) is 0.840. The summed E-state index contributed by atoms with van der Waals surface area (Å²) in [5, 5.41) is 10.7. The smallest absolute Gasteiger partial charge is 0.305 e. The predicted molar refractivity (Wildman–Crippen MR) is 71.2 cm³/mol. The van der Waals surface area contributed by atoms with Crippen LogP contribution in [0.15, 0.2) is 18.2 Å². The van der Waals surface area contributed by atoms with Crippen molar-refractivity contribution in [2.45, 2.75) is 6.42 Å². The number of benzene rings is 1. The number of nitrogens with zero attached hydrogens (tertiary/aromatic N) is 3. The zero-order valence-corrected chi connectivity index (χ0v) is 11.4. The quantitative estimate of drug-likeness (QED) is 0.603. The van der Waals surface area contributed by atoms with E-state index in [2.05, 4.69) is 0 Å². The molecule has 8 heteroatoms. The number of carbonyl (C=O) groups excluding carboxylic acids is 2. The van der Waals surface area contributed by atoms with E-state index in [1.807, 2.05) is 0 Å². The summed E-state index contributed by atoms with van der Waals surface area (Å²) in [5.41, 5.74) is -0.750.